The van der Waals surface area contributed by atoms with E-state index in [2.05, 4.69) is 0 Å². The van der Waals surface area contributed by atoms with E-state index in [1.807, 2.05) is 51.1 Å². The number of nitrogens with zero attached hydrogens (tertiary/aromatic N) is 1. The van der Waals surface area contributed by atoms with Gasteiger partial charge in [-0.2, -0.15) is 0 Å². The minimum Gasteiger partial charge on any atom is -0.395 e. The number of thioether (sulfide) groups is 1. The molecule has 1 amide bonds. The zero-order valence-corrected chi connectivity index (χ0v) is 12.0. The summed E-state index contributed by atoms with van der Waals surface area (Å²) in [4.78, 5) is 14.0. The van der Waals surface area contributed by atoms with E-state index in [0.29, 0.717) is 5.75 Å². The molecule has 0 fully saturated rings. The van der Waals surface area contributed by atoms with Gasteiger partial charge in [0.25, 0.3) is 0 Å². The van der Waals surface area contributed by atoms with Gasteiger partial charge in [0, 0.05) is 17.0 Å². The zero-order chi connectivity index (χ0) is 13.5. The quantitative estimate of drug-likeness (QED) is 0.861. The van der Waals surface area contributed by atoms with Crippen LogP contribution in [0.3, 0.4) is 0 Å². The summed E-state index contributed by atoms with van der Waals surface area (Å²) in [5.41, 5.74) is 0.926. The minimum absolute atomic E-state index is 0.0847. The fraction of sp³-hybridized carbons (Fsp3) is 0.500. The Morgan fingerprint density at radius 2 is 1.89 bits per heavy atom. The number of aliphatic hydroxyl groups is 1. The standard InChI is InChI=1S/C14H21NO2S/c1-11(2)15(13-7-5-4-6-8-13)14(17)10-18-12(3)9-16/h4-8,11-12,16H,9-10H2,1-3H3. The number of para-hydroxylation sites is 1. The van der Waals surface area contributed by atoms with Gasteiger partial charge < -0.3 is 10.0 Å². The van der Waals surface area contributed by atoms with Gasteiger partial charge in [-0.05, 0) is 26.0 Å². The van der Waals surface area contributed by atoms with E-state index < -0.39 is 0 Å². The molecule has 1 N–H and O–H groups in total. The molecule has 0 saturated carbocycles. The predicted octanol–water partition coefficient (Wildman–Crippen LogP) is 2.54. The summed E-state index contributed by atoms with van der Waals surface area (Å²) >= 11 is 1.48. The highest BCUT2D eigenvalue weighted by atomic mass is 32.2. The molecule has 1 rings (SSSR count). The lowest BCUT2D eigenvalue weighted by Crippen LogP contribution is -2.38. The minimum atomic E-state index is 0.0847. The lowest BCUT2D eigenvalue weighted by atomic mass is 10.2. The van der Waals surface area contributed by atoms with E-state index in [0.717, 1.165) is 5.69 Å². The van der Waals surface area contributed by atoms with Crippen molar-refractivity contribution in [2.24, 2.45) is 0 Å². The van der Waals surface area contributed by atoms with Crippen LogP contribution in [0.1, 0.15) is 20.8 Å². The highest BCUT2D eigenvalue weighted by Gasteiger charge is 2.19. The molecule has 3 nitrogen and oxygen atoms in total. The Kier molecular flexibility index (Phi) is 6.22. The number of anilines is 1. The Morgan fingerprint density at radius 3 is 2.39 bits per heavy atom. The van der Waals surface area contributed by atoms with Crippen molar-refractivity contribution in [3.63, 3.8) is 0 Å². The fourth-order valence-electron chi connectivity index (χ4n) is 1.65. The van der Waals surface area contributed by atoms with Crippen molar-refractivity contribution < 1.29 is 9.90 Å². The Hall–Kier alpha value is -1.00. The largest absolute Gasteiger partial charge is 0.395 e. The third kappa shape index (κ3) is 4.35. The maximum absolute atomic E-state index is 12.2. The molecular formula is C14H21NO2S. The fourth-order valence-corrected chi connectivity index (χ4v) is 2.33. The Bertz CT molecular complexity index is 367. The molecule has 0 spiro atoms. The number of aliphatic hydroxyl groups excluding tert-OH is 1. The van der Waals surface area contributed by atoms with Crippen LogP contribution in [0.5, 0.6) is 0 Å². The van der Waals surface area contributed by atoms with Crippen LogP contribution in [0.25, 0.3) is 0 Å². The number of hydrogen-bond donors (Lipinski definition) is 1. The molecule has 0 aliphatic heterocycles. The van der Waals surface area contributed by atoms with E-state index in [1.54, 1.807) is 4.90 Å². The van der Waals surface area contributed by atoms with Gasteiger partial charge in [0.05, 0.1) is 12.4 Å². The number of hydrogen-bond acceptors (Lipinski definition) is 3. The second kappa shape index (κ2) is 7.44. The van der Waals surface area contributed by atoms with Gasteiger partial charge >= 0.3 is 0 Å². The molecule has 1 aromatic rings. The summed E-state index contributed by atoms with van der Waals surface area (Å²) in [7, 11) is 0. The number of rotatable bonds is 6. The number of benzene rings is 1. The Morgan fingerprint density at radius 1 is 1.28 bits per heavy atom. The van der Waals surface area contributed by atoms with Crippen LogP contribution < -0.4 is 4.90 Å². The second-order valence-corrected chi connectivity index (χ2v) is 5.92. The average molecular weight is 267 g/mol. The first-order valence-electron chi connectivity index (χ1n) is 6.15. The second-order valence-electron chi connectivity index (χ2n) is 4.50. The summed E-state index contributed by atoms with van der Waals surface area (Å²) < 4.78 is 0. The molecule has 4 heteroatoms. The SMILES string of the molecule is CC(CO)SCC(=O)N(c1ccccc1)C(C)C. The molecule has 100 valence electrons. The lowest BCUT2D eigenvalue weighted by molar-refractivity contribution is -0.116. The van der Waals surface area contributed by atoms with Crippen LogP contribution >= 0.6 is 11.8 Å². The number of carbonyl (C=O) groups excluding carboxylic acids is 1. The van der Waals surface area contributed by atoms with Crippen molar-refractivity contribution >= 4 is 23.4 Å². The highest BCUT2D eigenvalue weighted by Crippen LogP contribution is 2.19. The molecule has 1 aromatic carbocycles. The summed E-state index contributed by atoms with van der Waals surface area (Å²) in [6, 6.07) is 9.82. The lowest BCUT2D eigenvalue weighted by Gasteiger charge is -2.27. The van der Waals surface area contributed by atoms with E-state index in [4.69, 9.17) is 5.11 Å². The molecule has 0 bridgehead atoms. The van der Waals surface area contributed by atoms with Crippen molar-refractivity contribution in [2.45, 2.75) is 32.1 Å². The van der Waals surface area contributed by atoms with E-state index in [9.17, 15) is 4.79 Å². The summed E-state index contributed by atoms with van der Waals surface area (Å²) in [6.07, 6.45) is 0. The molecule has 0 aliphatic rings. The summed E-state index contributed by atoms with van der Waals surface area (Å²) in [5.74, 6) is 0.482. The maximum Gasteiger partial charge on any atom is 0.237 e. The monoisotopic (exact) mass is 267 g/mol. The van der Waals surface area contributed by atoms with Crippen molar-refractivity contribution in [2.75, 3.05) is 17.3 Å². The van der Waals surface area contributed by atoms with Gasteiger partial charge in [-0.25, -0.2) is 0 Å². The van der Waals surface area contributed by atoms with Crippen molar-refractivity contribution in [3.8, 4) is 0 Å². The van der Waals surface area contributed by atoms with Crippen LogP contribution in [0.15, 0.2) is 30.3 Å². The number of amides is 1. The number of carbonyl (C=O) groups is 1. The van der Waals surface area contributed by atoms with Crippen molar-refractivity contribution in [1.29, 1.82) is 0 Å². The summed E-state index contributed by atoms with van der Waals surface area (Å²) in [5, 5.41) is 9.06. The van der Waals surface area contributed by atoms with Gasteiger partial charge in [0.1, 0.15) is 0 Å². The molecule has 0 aromatic heterocycles. The van der Waals surface area contributed by atoms with E-state index in [-0.39, 0.29) is 23.8 Å². The maximum atomic E-state index is 12.2. The van der Waals surface area contributed by atoms with Crippen LogP contribution in [-0.4, -0.2) is 34.7 Å². The summed E-state index contributed by atoms with van der Waals surface area (Å²) in [6.45, 7) is 6.03. The molecular weight excluding hydrogens is 246 g/mol. The average Bonchev–Trinajstić information content (AvgIpc) is 2.37. The zero-order valence-electron chi connectivity index (χ0n) is 11.2. The van der Waals surface area contributed by atoms with Gasteiger partial charge in [-0.3, -0.25) is 4.79 Å². The van der Waals surface area contributed by atoms with Gasteiger partial charge in [0.2, 0.25) is 5.91 Å². The van der Waals surface area contributed by atoms with Crippen LogP contribution in [-0.2, 0) is 4.79 Å². The smallest absolute Gasteiger partial charge is 0.237 e. The molecule has 1 unspecified atom stereocenters. The van der Waals surface area contributed by atoms with Crippen LogP contribution in [0, 0.1) is 0 Å². The van der Waals surface area contributed by atoms with E-state index in [1.165, 1.54) is 11.8 Å². The van der Waals surface area contributed by atoms with Crippen molar-refractivity contribution in [1.82, 2.24) is 0 Å². The topological polar surface area (TPSA) is 40.5 Å². The Balaban J connectivity index is 2.71. The first-order chi connectivity index (χ1) is 8.56. The first kappa shape index (κ1) is 15.1. The van der Waals surface area contributed by atoms with Gasteiger partial charge in [-0.15, -0.1) is 11.8 Å². The predicted molar refractivity (Wildman–Crippen MR) is 78.1 cm³/mol. The molecule has 0 radical (unpaired) electrons. The van der Waals surface area contributed by atoms with Crippen LogP contribution in [0.4, 0.5) is 5.69 Å². The molecule has 1 atom stereocenters. The van der Waals surface area contributed by atoms with Crippen LogP contribution in [0.2, 0.25) is 0 Å². The molecule has 0 heterocycles. The third-order valence-electron chi connectivity index (χ3n) is 2.57. The first-order valence-corrected chi connectivity index (χ1v) is 7.20. The van der Waals surface area contributed by atoms with Gasteiger partial charge in [-0.1, -0.05) is 25.1 Å². The highest BCUT2D eigenvalue weighted by molar-refractivity contribution is 8.00. The van der Waals surface area contributed by atoms with E-state index >= 15 is 0 Å². The van der Waals surface area contributed by atoms with Gasteiger partial charge in [0.15, 0.2) is 0 Å². The Labute approximate surface area is 113 Å². The van der Waals surface area contributed by atoms with Crippen molar-refractivity contribution in [3.05, 3.63) is 30.3 Å². The molecule has 0 saturated heterocycles. The molecule has 18 heavy (non-hydrogen) atoms. The molecule has 0 aliphatic carbocycles. The third-order valence-corrected chi connectivity index (χ3v) is 3.70. The normalized spacial score (nSPS) is 12.5.